The van der Waals surface area contributed by atoms with Gasteiger partial charge < -0.3 is 21.5 Å². The first-order valence-electron chi connectivity index (χ1n) is 6.38. The topological polar surface area (TPSA) is 110 Å². The number of nitrogens with zero attached hydrogens (tertiary/aromatic N) is 1. The lowest BCUT2D eigenvalue weighted by Gasteiger charge is -2.24. The number of nitrogen functional groups attached to an aromatic ring is 1. The smallest absolute Gasteiger partial charge is 0.236 e. The van der Waals surface area contributed by atoms with E-state index in [1.54, 1.807) is 0 Å². The van der Waals surface area contributed by atoms with Crippen molar-refractivity contribution >= 4 is 49.2 Å². The number of nitrogens with two attached hydrogens (primary N) is 2. The van der Waals surface area contributed by atoms with E-state index in [0.717, 1.165) is 6.42 Å². The third-order valence-corrected chi connectivity index (χ3v) is 4.90. The molecule has 1 heterocycles. The van der Waals surface area contributed by atoms with Crippen LogP contribution in [0.2, 0.25) is 0 Å². The van der Waals surface area contributed by atoms with Crippen LogP contribution in [0.4, 0.5) is 5.69 Å². The maximum absolute atomic E-state index is 12.7. The predicted molar refractivity (Wildman–Crippen MR) is 86.0 cm³/mol. The Hall–Kier alpha value is -1.12. The molecular weight excluding hydrogens is 406 g/mol. The number of rotatable bonds is 3. The minimum atomic E-state index is -0.583. The minimum Gasteiger partial charge on any atom is -0.506 e. The molecule has 0 bridgehead atoms. The number of ketones is 1. The van der Waals surface area contributed by atoms with E-state index in [-0.39, 0.29) is 39.7 Å². The third kappa shape index (κ3) is 2.93. The third-order valence-electron chi connectivity index (χ3n) is 3.52. The summed E-state index contributed by atoms with van der Waals surface area (Å²) in [5.74, 6) is -0.648. The zero-order chi connectivity index (χ0) is 15.7. The molecule has 0 aliphatic carbocycles. The van der Waals surface area contributed by atoms with Gasteiger partial charge in [0, 0.05) is 12.2 Å². The monoisotopic (exact) mass is 419 g/mol. The van der Waals surface area contributed by atoms with Gasteiger partial charge in [0.25, 0.3) is 0 Å². The standard InChI is InChI=1S/C13H15Br2N3O3/c14-6-4-7(17)10(11(15)12(6)20)13(21)8-2-1-3-18(8)9(19)5-16/h4,8,20H,1-3,5,16-17H2/t8-/m0/s1. The summed E-state index contributed by atoms with van der Waals surface area (Å²) in [5.41, 5.74) is 11.7. The Labute approximate surface area is 138 Å². The van der Waals surface area contributed by atoms with E-state index in [1.807, 2.05) is 0 Å². The Bertz CT molecular complexity index is 607. The number of hydrogen-bond acceptors (Lipinski definition) is 5. The van der Waals surface area contributed by atoms with Crippen molar-refractivity contribution < 1.29 is 14.7 Å². The van der Waals surface area contributed by atoms with Crippen molar-refractivity contribution in [2.75, 3.05) is 18.8 Å². The van der Waals surface area contributed by atoms with Crippen LogP contribution in [-0.4, -0.2) is 40.8 Å². The molecule has 0 spiro atoms. The molecule has 2 rings (SSSR count). The average molecular weight is 421 g/mol. The molecule has 1 aliphatic heterocycles. The molecule has 1 saturated heterocycles. The minimum absolute atomic E-state index is 0.0951. The molecule has 1 atom stereocenters. The van der Waals surface area contributed by atoms with Gasteiger partial charge >= 0.3 is 0 Å². The zero-order valence-electron chi connectivity index (χ0n) is 11.1. The quantitative estimate of drug-likeness (QED) is 0.391. The molecule has 114 valence electrons. The van der Waals surface area contributed by atoms with E-state index in [1.165, 1.54) is 11.0 Å². The SMILES string of the molecule is NCC(=O)N1CCC[C@H]1C(=O)c1c(N)cc(Br)c(O)c1Br. The Morgan fingerprint density at radius 1 is 1.43 bits per heavy atom. The number of Topliss-reactive ketones (excluding diaryl/α,β-unsaturated/α-hetero) is 1. The van der Waals surface area contributed by atoms with E-state index < -0.39 is 6.04 Å². The summed E-state index contributed by atoms with van der Waals surface area (Å²) < 4.78 is 0.621. The molecular formula is C13H15Br2N3O3. The van der Waals surface area contributed by atoms with Crippen LogP contribution >= 0.6 is 31.9 Å². The highest BCUT2D eigenvalue weighted by Crippen LogP contribution is 2.40. The lowest BCUT2D eigenvalue weighted by atomic mass is 10.00. The van der Waals surface area contributed by atoms with Crippen molar-refractivity contribution in [3.63, 3.8) is 0 Å². The number of aromatic hydroxyl groups is 1. The van der Waals surface area contributed by atoms with E-state index in [0.29, 0.717) is 17.4 Å². The molecule has 21 heavy (non-hydrogen) atoms. The van der Waals surface area contributed by atoms with Gasteiger partial charge in [0.15, 0.2) is 5.78 Å². The highest BCUT2D eigenvalue weighted by molar-refractivity contribution is 9.11. The maximum atomic E-state index is 12.7. The number of carbonyl (C=O) groups excluding carboxylic acids is 2. The Balaban J connectivity index is 2.41. The summed E-state index contributed by atoms with van der Waals surface area (Å²) in [6.07, 6.45) is 1.30. The molecule has 0 aromatic heterocycles. The second-order valence-electron chi connectivity index (χ2n) is 4.80. The lowest BCUT2D eigenvalue weighted by Crippen LogP contribution is -2.43. The number of anilines is 1. The summed E-state index contributed by atoms with van der Waals surface area (Å²) in [6.45, 7) is 0.374. The zero-order valence-corrected chi connectivity index (χ0v) is 14.3. The Morgan fingerprint density at radius 2 is 2.10 bits per heavy atom. The van der Waals surface area contributed by atoms with Crippen molar-refractivity contribution in [2.24, 2.45) is 5.73 Å². The molecule has 1 aliphatic rings. The van der Waals surface area contributed by atoms with Crippen LogP contribution in [-0.2, 0) is 4.79 Å². The predicted octanol–water partition coefficient (Wildman–Crippen LogP) is 1.63. The highest BCUT2D eigenvalue weighted by atomic mass is 79.9. The molecule has 1 aromatic carbocycles. The molecule has 0 unspecified atom stereocenters. The van der Waals surface area contributed by atoms with E-state index in [9.17, 15) is 14.7 Å². The average Bonchev–Trinajstić information content (AvgIpc) is 2.93. The Morgan fingerprint density at radius 3 is 2.71 bits per heavy atom. The van der Waals surface area contributed by atoms with Gasteiger partial charge in [-0.2, -0.15) is 0 Å². The van der Waals surface area contributed by atoms with Crippen LogP contribution in [0.15, 0.2) is 15.0 Å². The molecule has 0 radical (unpaired) electrons. The van der Waals surface area contributed by atoms with Crippen molar-refractivity contribution in [2.45, 2.75) is 18.9 Å². The van der Waals surface area contributed by atoms with Gasteiger partial charge in [-0.05, 0) is 50.8 Å². The lowest BCUT2D eigenvalue weighted by molar-refractivity contribution is -0.129. The molecule has 1 amide bonds. The van der Waals surface area contributed by atoms with Gasteiger partial charge in [0.2, 0.25) is 5.91 Å². The summed E-state index contributed by atoms with van der Waals surface area (Å²) in [6, 6.07) is 0.886. The van der Waals surface area contributed by atoms with Gasteiger partial charge in [-0.3, -0.25) is 9.59 Å². The van der Waals surface area contributed by atoms with Crippen LogP contribution in [0.1, 0.15) is 23.2 Å². The molecule has 8 heteroatoms. The van der Waals surface area contributed by atoms with Crippen molar-refractivity contribution in [3.05, 3.63) is 20.6 Å². The molecule has 1 fully saturated rings. The van der Waals surface area contributed by atoms with Crippen LogP contribution in [0.25, 0.3) is 0 Å². The van der Waals surface area contributed by atoms with Gasteiger partial charge in [0.05, 0.1) is 27.1 Å². The first-order chi connectivity index (χ1) is 9.88. The second-order valence-corrected chi connectivity index (χ2v) is 6.45. The van der Waals surface area contributed by atoms with Crippen LogP contribution in [0.3, 0.4) is 0 Å². The number of benzene rings is 1. The number of halogens is 2. The normalized spacial score (nSPS) is 18.0. The fourth-order valence-corrected chi connectivity index (χ4v) is 3.85. The van der Waals surface area contributed by atoms with Crippen molar-refractivity contribution in [1.82, 2.24) is 4.90 Å². The largest absolute Gasteiger partial charge is 0.506 e. The van der Waals surface area contributed by atoms with E-state index in [2.05, 4.69) is 31.9 Å². The van der Waals surface area contributed by atoms with Gasteiger partial charge in [-0.15, -0.1) is 0 Å². The number of amides is 1. The van der Waals surface area contributed by atoms with Gasteiger partial charge in [-0.1, -0.05) is 0 Å². The summed E-state index contributed by atoms with van der Waals surface area (Å²) in [4.78, 5) is 26.0. The summed E-state index contributed by atoms with van der Waals surface area (Å²) >= 11 is 6.35. The Kier molecular flexibility index (Phi) is 4.90. The molecule has 1 aromatic rings. The van der Waals surface area contributed by atoms with Crippen molar-refractivity contribution in [1.29, 1.82) is 0 Å². The van der Waals surface area contributed by atoms with E-state index >= 15 is 0 Å². The number of phenolic OH excluding ortho intramolecular Hbond substituents is 1. The number of phenols is 1. The van der Waals surface area contributed by atoms with Gasteiger partial charge in [0.1, 0.15) is 5.75 Å². The van der Waals surface area contributed by atoms with Crippen LogP contribution in [0.5, 0.6) is 5.75 Å². The summed E-state index contributed by atoms with van der Waals surface area (Å²) in [5, 5.41) is 9.92. The second kappa shape index (κ2) is 6.33. The maximum Gasteiger partial charge on any atom is 0.236 e. The van der Waals surface area contributed by atoms with E-state index in [4.69, 9.17) is 11.5 Å². The first-order valence-corrected chi connectivity index (χ1v) is 7.97. The fourth-order valence-electron chi connectivity index (χ4n) is 2.50. The molecule has 0 saturated carbocycles. The number of hydrogen-bond donors (Lipinski definition) is 3. The molecule has 5 N–H and O–H groups in total. The number of carbonyl (C=O) groups is 2. The van der Waals surface area contributed by atoms with Crippen LogP contribution in [0, 0.1) is 0 Å². The highest BCUT2D eigenvalue weighted by Gasteiger charge is 2.36. The summed E-state index contributed by atoms with van der Waals surface area (Å²) in [7, 11) is 0. The fraction of sp³-hybridized carbons (Fsp3) is 0.385. The molecule has 6 nitrogen and oxygen atoms in total. The van der Waals surface area contributed by atoms with Crippen molar-refractivity contribution in [3.8, 4) is 5.75 Å². The van der Waals surface area contributed by atoms with Gasteiger partial charge in [-0.25, -0.2) is 0 Å². The number of likely N-dealkylation sites (tertiary alicyclic amines) is 1. The first kappa shape index (κ1) is 16.3. The van der Waals surface area contributed by atoms with Crippen LogP contribution < -0.4 is 11.5 Å².